The van der Waals surface area contributed by atoms with Crippen LogP contribution in [-0.4, -0.2) is 36.1 Å². The first-order valence-corrected chi connectivity index (χ1v) is 12.6. The molecule has 0 saturated heterocycles. The van der Waals surface area contributed by atoms with Gasteiger partial charge in [-0.05, 0) is 67.5 Å². The van der Waals surface area contributed by atoms with Crippen molar-refractivity contribution in [3.05, 3.63) is 59.4 Å². The number of nitrogens with zero attached hydrogens (tertiary/aromatic N) is 2. The first-order valence-electron chi connectivity index (χ1n) is 11.3. The Morgan fingerprint density at radius 3 is 2.27 bits per heavy atom. The number of hydrogen-bond acceptors (Lipinski definition) is 8. The van der Waals surface area contributed by atoms with E-state index in [2.05, 4.69) is 19.6 Å². The minimum atomic E-state index is -5.12. The molecule has 3 aromatic rings. The summed E-state index contributed by atoms with van der Waals surface area (Å²) in [5.74, 6) is -3.68. The first kappa shape index (κ1) is 26.5. The van der Waals surface area contributed by atoms with Gasteiger partial charge in [-0.25, -0.2) is 8.78 Å². The molecule has 2 N–H and O–H groups in total. The van der Waals surface area contributed by atoms with Gasteiger partial charge in [-0.3, -0.25) is 4.79 Å². The average Bonchev–Trinajstić information content (AvgIpc) is 3.34. The minimum Gasteiger partial charge on any atom is -0.503 e. The standard InChI is InChI=1S/C24H24F3N3O6S/c1-23(13-28-20(32)15-11-17(25)19(31)18(26)12-15)7-9-24(2,10-8-23)22-29-21(35-30-22)14-3-5-16(6-4-14)36-37(27,33)34/h3-6,11-12,31H,7-10,13H2,1-2H3,(H,28,32). The summed E-state index contributed by atoms with van der Waals surface area (Å²) in [6.45, 7) is 4.30. The van der Waals surface area contributed by atoms with Gasteiger partial charge in [0.2, 0.25) is 0 Å². The van der Waals surface area contributed by atoms with Gasteiger partial charge in [0.1, 0.15) is 5.75 Å². The van der Waals surface area contributed by atoms with Crippen LogP contribution in [0.3, 0.4) is 0 Å². The molecule has 1 saturated carbocycles. The molecule has 4 rings (SSSR count). The van der Waals surface area contributed by atoms with Crippen LogP contribution in [0.15, 0.2) is 40.9 Å². The summed E-state index contributed by atoms with van der Waals surface area (Å²) in [5.41, 5.74) is -0.402. The van der Waals surface area contributed by atoms with Crippen LogP contribution in [0, 0.1) is 17.0 Å². The van der Waals surface area contributed by atoms with Crippen LogP contribution < -0.4 is 9.50 Å². The van der Waals surface area contributed by atoms with E-state index in [1.54, 1.807) is 0 Å². The van der Waals surface area contributed by atoms with Crippen LogP contribution in [0.5, 0.6) is 11.5 Å². The quantitative estimate of drug-likeness (QED) is 0.417. The van der Waals surface area contributed by atoms with Gasteiger partial charge in [-0.1, -0.05) is 22.9 Å². The molecule has 0 bridgehead atoms. The van der Waals surface area contributed by atoms with Crippen LogP contribution in [0.2, 0.25) is 0 Å². The van der Waals surface area contributed by atoms with Crippen molar-refractivity contribution in [3.8, 4) is 23.0 Å². The van der Waals surface area contributed by atoms with E-state index in [0.717, 1.165) is 12.1 Å². The van der Waals surface area contributed by atoms with Gasteiger partial charge >= 0.3 is 10.5 Å². The first-order chi connectivity index (χ1) is 17.3. The Morgan fingerprint density at radius 1 is 1.11 bits per heavy atom. The lowest BCUT2D eigenvalue weighted by atomic mass is 9.65. The molecule has 1 heterocycles. The van der Waals surface area contributed by atoms with Crippen LogP contribution in [-0.2, 0) is 15.9 Å². The molecule has 0 radical (unpaired) electrons. The lowest BCUT2D eigenvalue weighted by molar-refractivity contribution is 0.0895. The molecule has 0 unspecified atom stereocenters. The van der Waals surface area contributed by atoms with Crippen molar-refractivity contribution in [1.82, 2.24) is 15.5 Å². The smallest absolute Gasteiger partial charge is 0.488 e. The third-order valence-corrected chi connectivity index (χ3v) is 7.17. The van der Waals surface area contributed by atoms with Crippen molar-refractivity contribution in [1.29, 1.82) is 0 Å². The Hall–Kier alpha value is -3.61. The maximum Gasteiger partial charge on any atom is 0.488 e. The fourth-order valence-electron chi connectivity index (χ4n) is 4.25. The van der Waals surface area contributed by atoms with E-state index in [9.17, 15) is 31.0 Å². The van der Waals surface area contributed by atoms with Crippen molar-refractivity contribution in [2.24, 2.45) is 5.41 Å². The zero-order valence-corrected chi connectivity index (χ0v) is 20.7. The summed E-state index contributed by atoms with van der Waals surface area (Å²) in [6, 6.07) is 7.02. The summed E-state index contributed by atoms with van der Waals surface area (Å²) in [5, 5.41) is 16.0. The fourth-order valence-corrected chi connectivity index (χ4v) is 4.59. The van der Waals surface area contributed by atoms with Gasteiger partial charge in [0.05, 0.1) is 0 Å². The van der Waals surface area contributed by atoms with Crippen molar-refractivity contribution < 1.29 is 39.7 Å². The highest BCUT2D eigenvalue weighted by molar-refractivity contribution is 7.81. The maximum absolute atomic E-state index is 13.6. The number of carbonyl (C=O) groups excluding carboxylic acids is 1. The maximum atomic E-state index is 13.6. The van der Waals surface area contributed by atoms with E-state index in [1.807, 2.05) is 13.8 Å². The van der Waals surface area contributed by atoms with Crippen molar-refractivity contribution in [2.45, 2.75) is 44.9 Å². The van der Waals surface area contributed by atoms with E-state index in [-0.39, 0.29) is 29.2 Å². The Balaban J connectivity index is 1.37. The van der Waals surface area contributed by atoms with Crippen molar-refractivity contribution in [2.75, 3.05) is 6.54 Å². The normalized spacial score (nSPS) is 22.0. The number of halogens is 3. The number of amides is 1. The zero-order valence-electron chi connectivity index (χ0n) is 19.9. The molecule has 198 valence electrons. The molecule has 1 fully saturated rings. The molecular formula is C24H24F3N3O6S. The average molecular weight is 540 g/mol. The molecule has 0 spiro atoms. The highest BCUT2D eigenvalue weighted by atomic mass is 32.3. The summed E-state index contributed by atoms with van der Waals surface area (Å²) in [7, 11) is -5.12. The molecule has 37 heavy (non-hydrogen) atoms. The van der Waals surface area contributed by atoms with Gasteiger partial charge in [0.15, 0.2) is 23.2 Å². The number of rotatable bonds is 7. The van der Waals surface area contributed by atoms with E-state index in [4.69, 9.17) is 4.52 Å². The number of aromatic hydroxyl groups is 1. The van der Waals surface area contributed by atoms with Crippen LogP contribution in [0.1, 0.15) is 55.7 Å². The molecular weight excluding hydrogens is 515 g/mol. The molecule has 0 aliphatic heterocycles. The molecule has 1 aromatic heterocycles. The van der Waals surface area contributed by atoms with Gasteiger partial charge in [-0.15, -0.1) is 0 Å². The largest absolute Gasteiger partial charge is 0.503 e. The molecule has 0 atom stereocenters. The second kappa shape index (κ2) is 9.69. The van der Waals surface area contributed by atoms with Crippen LogP contribution >= 0.6 is 0 Å². The minimum absolute atomic E-state index is 0.197. The summed E-state index contributed by atoms with van der Waals surface area (Å²) < 4.78 is 70.6. The Bertz CT molecular complexity index is 1390. The second-order valence-corrected chi connectivity index (χ2v) is 10.7. The Kier molecular flexibility index (Phi) is 6.93. The molecule has 1 aliphatic carbocycles. The number of aromatic nitrogens is 2. The summed E-state index contributed by atoms with van der Waals surface area (Å²) in [6.07, 6.45) is 2.77. The second-order valence-electron chi connectivity index (χ2n) is 9.77. The Morgan fingerprint density at radius 2 is 1.70 bits per heavy atom. The highest BCUT2D eigenvalue weighted by Gasteiger charge is 2.41. The fraction of sp³-hybridized carbons (Fsp3) is 0.375. The molecule has 13 heteroatoms. The number of nitrogens with one attached hydrogen (secondary N) is 1. The van der Waals surface area contributed by atoms with Gasteiger partial charge in [-0.2, -0.15) is 13.4 Å². The third-order valence-electron chi connectivity index (χ3n) is 6.78. The number of benzene rings is 2. The Labute approximate surface area is 211 Å². The van der Waals surface area contributed by atoms with Gasteiger partial charge < -0.3 is 19.1 Å². The SMILES string of the molecule is CC1(CNC(=O)c2cc(F)c(O)c(F)c2)CCC(C)(c2noc(-c3ccc(OS(=O)(=O)F)cc3)n2)CC1. The lowest BCUT2D eigenvalue weighted by Gasteiger charge is -2.41. The third kappa shape index (κ3) is 6.04. The van der Waals surface area contributed by atoms with Crippen LogP contribution in [0.25, 0.3) is 11.5 Å². The zero-order chi connectivity index (χ0) is 27.0. The highest BCUT2D eigenvalue weighted by Crippen LogP contribution is 2.46. The topological polar surface area (TPSA) is 132 Å². The predicted octanol–water partition coefficient (Wildman–Crippen LogP) is 4.58. The molecule has 9 nitrogen and oxygen atoms in total. The van der Waals surface area contributed by atoms with Crippen molar-refractivity contribution in [3.63, 3.8) is 0 Å². The predicted molar refractivity (Wildman–Crippen MR) is 125 cm³/mol. The number of phenols is 1. The molecule has 1 amide bonds. The number of carbonyl (C=O) groups is 1. The summed E-state index contributed by atoms with van der Waals surface area (Å²) >= 11 is 0. The molecule has 2 aromatic carbocycles. The number of phenolic OH excluding ortho intramolecular Hbond substituents is 1. The summed E-state index contributed by atoms with van der Waals surface area (Å²) in [4.78, 5) is 16.9. The van der Waals surface area contributed by atoms with E-state index in [1.165, 1.54) is 24.3 Å². The number of hydrogen-bond donors (Lipinski definition) is 2. The van der Waals surface area contributed by atoms with E-state index in [0.29, 0.717) is 37.1 Å². The monoisotopic (exact) mass is 539 g/mol. The van der Waals surface area contributed by atoms with Gasteiger partial charge in [0.25, 0.3) is 11.8 Å². The van der Waals surface area contributed by atoms with Crippen molar-refractivity contribution >= 4 is 16.4 Å². The van der Waals surface area contributed by atoms with E-state index < -0.39 is 39.2 Å². The van der Waals surface area contributed by atoms with Gasteiger partial charge in [0, 0.05) is 23.1 Å². The van der Waals surface area contributed by atoms with E-state index >= 15 is 0 Å². The molecule has 1 aliphatic rings. The lowest BCUT2D eigenvalue weighted by Crippen LogP contribution is -2.41. The van der Waals surface area contributed by atoms with Crippen LogP contribution in [0.4, 0.5) is 12.7 Å².